The lowest BCUT2D eigenvalue weighted by Crippen LogP contribution is -2.07. The smallest absolute Gasteiger partial charge is 0.200 e. The maximum atomic E-state index is 14.3. The number of nitrogens with zero attached hydrogens (tertiary/aromatic N) is 6. The van der Waals surface area contributed by atoms with Gasteiger partial charge in [-0.25, -0.2) is 29.0 Å². The first-order chi connectivity index (χ1) is 14.2. The van der Waals surface area contributed by atoms with Crippen LogP contribution < -0.4 is 5.73 Å². The zero-order valence-electron chi connectivity index (χ0n) is 15.5. The van der Waals surface area contributed by atoms with Crippen LogP contribution >= 0.6 is 0 Å². The Kier molecular flexibility index (Phi) is 4.23. The average molecular weight is 387 g/mol. The van der Waals surface area contributed by atoms with Gasteiger partial charge in [0.1, 0.15) is 28.8 Å². The van der Waals surface area contributed by atoms with Gasteiger partial charge >= 0.3 is 0 Å². The van der Waals surface area contributed by atoms with Crippen molar-refractivity contribution in [1.29, 1.82) is 0 Å². The molecule has 0 spiro atoms. The van der Waals surface area contributed by atoms with E-state index < -0.39 is 0 Å². The van der Waals surface area contributed by atoms with E-state index in [-0.39, 0.29) is 12.4 Å². The molecule has 0 bridgehead atoms. The van der Waals surface area contributed by atoms with Gasteiger partial charge in [-0.15, -0.1) is 5.10 Å². The highest BCUT2D eigenvalue weighted by Crippen LogP contribution is 2.38. The summed E-state index contributed by atoms with van der Waals surface area (Å²) in [6, 6.07) is 13.7. The molecule has 4 aromatic rings. The zero-order chi connectivity index (χ0) is 19.8. The van der Waals surface area contributed by atoms with Gasteiger partial charge in [0.15, 0.2) is 11.6 Å². The Morgan fingerprint density at radius 3 is 2.62 bits per heavy atom. The van der Waals surface area contributed by atoms with Crippen LogP contribution in [-0.2, 0) is 6.54 Å². The van der Waals surface area contributed by atoms with E-state index in [1.54, 1.807) is 53.3 Å². The molecule has 0 atom stereocenters. The van der Waals surface area contributed by atoms with Crippen molar-refractivity contribution in [3.8, 4) is 23.0 Å². The SMILES string of the molecule is Nc1cccc(-c2nc(-c3ccnc(C4CC4)n3)n(Cc3ccccc3F)n2)n1. The summed E-state index contributed by atoms with van der Waals surface area (Å²) < 4.78 is 15.9. The topological polar surface area (TPSA) is 95.4 Å². The number of hydrogen-bond acceptors (Lipinski definition) is 6. The van der Waals surface area contributed by atoms with E-state index in [2.05, 4.69) is 25.0 Å². The van der Waals surface area contributed by atoms with E-state index >= 15 is 0 Å². The molecule has 7 nitrogen and oxygen atoms in total. The summed E-state index contributed by atoms with van der Waals surface area (Å²) in [5.41, 5.74) is 7.53. The lowest BCUT2D eigenvalue weighted by atomic mass is 10.2. The fraction of sp³-hybridized carbons (Fsp3) is 0.190. The van der Waals surface area contributed by atoms with Gasteiger partial charge < -0.3 is 5.73 Å². The highest BCUT2D eigenvalue weighted by atomic mass is 19.1. The Hall–Kier alpha value is -3.68. The standard InChI is InChI=1S/C21H18FN7/c22-15-5-2-1-4-14(15)12-29-21(17-10-11-24-19(26-17)13-8-9-13)27-20(28-29)16-6-3-7-18(23)25-16/h1-7,10-11,13H,8-9,12H2,(H2,23,25). The summed E-state index contributed by atoms with van der Waals surface area (Å²) in [6.45, 7) is 0.222. The summed E-state index contributed by atoms with van der Waals surface area (Å²) in [5, 5.41) is 4.58. The second-order valence-electron chi connectivity index (χ2n) is 7.03. The summed E-state index contributed by atoms with van der Waals surface area (Å²) in [7, 11) is 0. The summed E-state index contributed by atoms with van der Waals surface area (Å²) in [4.78, 5) is 18.0. The fourth-order valence-corrected chi connectivity index (χ4v) is 3.15. The number of rotatable bonds is 5. The van der Waals surface area contributed by atoms with Gasteiger partial charge in [-0.2, -0.15) is 0 Å². The molecular formula is C21H18FN7. The molecule has 2 N–H and O–H groups in total. The minimum absolute atomic E-state index is 0.222. The molecule has 144 valence electrons. The number of anilines is 1. The largest absolute Gasteiger partial charge is 0.384 e. The maximum absolute atomic E-state index is 14.3. The van der Waals surface area contributed by atoms with E-state index in [1.807, 2.05) is 0 Å². The number of halogens is 1. The van der Waals surface area contributed by atoms with Crippen LogP contribution in [0.1, 0.15) is 30.1 Å². The van der Waals surface area contributed by atoms with Gasteiger partial charge in [0.25, 0.3) is 0 Å². The molecule has 0 unspecified atom stereocenters. The van der Waals surface area contributed by atoms with E-state index in [0.717, 1.165) is 18.7 Å². The fourth-order valence-electron chi connectivity index (χ4n) is 3.15. The molecule has 3 aromatic heterocycles. The molecule has 0 amide bonds. The third kappa shape index (κ3) is 3.56. The van der Waals surface area contributed by atoms with Crippen LogP contribution in [0.2, 0.25) is 0 Å². The normalized spacial score (nSPS) is 13.6. The highest BCUT2D eigenvalue weighted by Gasteiger charge is 2.27. The second-order valence-corrected chi connectivity index (χ2v) is 7.03. The average Bonchev–Trinajstić information content (AvgIpc) is 3.50. The van der Waals surface area contributed by atoms with Crippen molar-refractivity contribution in [2.75, 3.05) is 5.73 Å². The third-order valence-corrected chi connectivity index (χ3v) is 4.80. The highest BCUT2D eigenvalue weighted by molar-refractivity contribution is 5.58. The first-order valence-electron chi connectivity index (χ1n) is 9.42. The van der Waals surface area contributed by atoms with Crippen molar-refractivity contribution >= 4 is 5.82 Å². The Morgan fingerprint density at radius 2 is 1.83 bits per heavy atom. The molecule has 1 aromatic carbocycles. The molecule has 1 saturated carbocycles. The molecule has 29 heavy (non-hydrogen) atoms. The summed E-state index contributed by atoms with van der Waals surface area (Å²) >= 11 is 0. The number of aromatic nitrogens is 6. The predicted molar refractivity (Wildman–Crippen MR) is 106 cm³/mol. The lowest BCUT2D eigenvalue weighted by molar-refractivity contribution is 0.586. The van der Waals surface area contributed by atoms with Crippen molar-refractivity contribution in [3.63, 3.8) is 0 Å². The minimum atomic E-state index is -0.293. The number of benzene rings is 1. The molecule has 1 aliphatic rings. The van der Waals surface area contributed by atoms with Crippen molar-refractivity contribution in [2.24, 2.45) is 0 Å². The van der Waals surface area contributed by atoms with Crippen LogP contribution in [0.15, 0.2) is 54.7 Å². The number of nitrogen functional groups attached to an aromatic ring is 1. The second kappa shape index (κ2) is 7.05. The molecule has 0 saturated heterocycles. The van der Waals surface area contributed by atoms with Crippen LogP contribution in [0, 0.1) is 5.82 Å². The molecule has 3 heterocycles. The predicted octanol–water partition coefficient (Wildman–Crippen LogP) is 3.44. The molecule has 1 aliphatic carbocycles. The van der Waals surface area contributed by atoms with E-state index in [0.29, 0.717) is 40.3 Å². The molecule has 0 aliphatic heterocycles. The van der Waals surface area contributed by atoms with Crippen LogP contribution in [0.25, 0.3) is 23.0 Å². The van der Waals surface area contributed by atoms with Gasteiger partial charge in [0.2, 0.25) is 0 Å². The Balaban J connectivity index is 1.61. The Labute approximate surface area is 166 Å². The van der Waals surface area contributed by atoms with Crippen LogP contribution in [0.5, 0.6) is 0 Å². The number of hydrogen-bond donors (Lipinski definition) is 1. The monoisotopic (exact) mass is 387 g/mol. The quantitative estimate of drug-likeness (QED) is 0.564. The number of nitrogens with two attached hydrogens (primary N) is 1. The molecule has 1 fully saturated rings. The van der Waals surface area contributed by atoms with Crippen LogP contribution in [-0.4, -0.2) is 29.7 Å². The van der Waals surface area contributed by atoms with Crippen molar-refractivity contribution < 1.29 is 4.39 Å². The maximum Gasteiger partial charge on any atom is 0.200 e. The van der Waals surface area contributed by atoms with Gasteiger partial charge in [0, 0.05) is 17.7 Å². The molecule has 0 radical (unpaired) electrons. The van der Waals surface area contributed by atoms with E-state index in [4.69, 9.17) is 5.73 Å². The van der Waals surface area contributed by atoms with Crippen molar-refractivity contribution in [2.45, 2.75) is 25.3 Å². The van der Waals surface area contributed by atoms with Crippen molar-refractivity contribution in [1.82, 2.24) is 29.7 Å². The number of pyridine rings is 1. The first kappa shape index (κ1) is 17.4. The molecular weight excluding hydrogens is 369 g/mol. The van der Waals surface area contributed by atoms with E-state index in [1.165, 1.54) is 6.07 Å². The molecule has 8 heteroatoms. The van der Waals surface area contributed by atoms with E-state index in [9.17, 15) is 4.39 Å². The third-order valence-electron chi connectivity index (χ3n) is 4.80. The van der Waals surface area contributed by atoms with Gasteiger partial charge in [-0.05, 0) is 37.1 Å². The Morgan fingerprint density at radius 1 is 0.966 bits per heavy atom. The first-order valence-corrected chi connectivity index (χ1v) is 9.42. The lowest BCUT2D eigenvalue weighted by Gasteiger charge is -2.07. The van der Waals surface area contributed by atoms with Crippen LogP contribution in [0.3, 0.4) is 0 Å². The Bertz CT molecular complexity index is 1180. The summed E-state index contributed by atoms with van der Waals surface area (Å²) in [5.74, 6) is 2.26. The van der Waals surface area contributed by atoms with Gasteiger partial charge in [0.05, 0.1) is 6.54 Å². The van der Waals surface area contributed by atoms with Crippen LogP contribution in [0.4, 0.5) is 10.2 Å². The van der Waals surface area contributed by atoms with Gasteiger partial charge in [-0.1, -0.05) is 24.3 Å². The zero-order valence-corrected chi connectivity index (χ0v) is 15.5. The summed E-state index contributed by atoms with van der Waals surface area (Å²) in [6.07, 6.45) is 3.93. The molecule has 5 rings (SSSR count). The van der Waals surface area contributed by atoms with Gasteiger partial charge in [-0.3, -0.25) is 0 Å². The van der Waals surface area contributed by atoms with Crippen molar-refractivity contribution in [3.05, 3.63) is 71.9 Å². The minimum Gasteiger partial charge on any atom is -0.384 e.